The number of urea groups is 1. The van der Waals surface area contributed by atoms with Crippen LogP contribution in [-0.4, -0.2) is 52.0 Å². The van der Waals surface area contributed by atoms with Gasteiger partial charge in [0.2, 0.25) is 5.91 Å². The van der Waals surface area contributed by atoms with Crippen LogP contribution in [-0.2, 0) is 18.4 Å². The van der Waals surface area contributed by atoms with Gasteiger partial charge in [0.1, 0.15) is 12.3 Å². The standard InChI is InChI=1S/C24H36N4O3/c1-7-31-22-13-9-8-12-21(22)25-24(30)28(19(4)5)17-23(29)27(15-18(2)3)16-20-11-10-14-26(20)6/h8-14,18-19H,7,15-17H2,1-6H3,(H,25,30). The van der Waals surface area contributed by atoms with E-state index in [9.17, 15) is 9.59 Å². The highest BCUT2D eigenvalue weighted by Crippen LogP contribution is 2.24. The Morgan fingerprint density at radius 1 is 1.10 bits per heavy atom. The number of para-hydroxylation sites is 2. The van der Waals surface area contributed by atoms with Crippen LogP contribution in [0.4, 0.5) is 10.5 Å². The van der Waals surface area contributed by atoms with Gasteiger partial charge >= 0.3 is 6.03 Å². The summed E-state index contributed by atoms with van der Waals surface area (Å²) >= 11 is 0. The van der Waals surface area contributed by atoms with E-state index < -0.39 is 0 Å². The molecule has 3 amide bonds. The number of amides is 3. The number of benzene rings is 1. The Kier molecular flexibility index (Phi) is 8.97. The van der Waals surface area contributed by atoms with Crippen LogP contribution < -0.4 is 10.1 Å². The molecule has 1 aromatic heterocycles. The van der Waals surface area contributed by atoms with Crippen LogP contribution in [0.15, 0.2) is 42.6 Å². The number of aryl methyl sites for hydroxylation is 1. The quantitative estimate of drug-likeness (QED) is 0.612. The van der Waals surface area contributed by atoms with Crippen molar-refractivity contribution in [1.29, 1.82) is 0 Å². The monoisotopic (exact) mass is 428 g/mol. The fraction of sp³-hybridized carbons (Fsp3) is 0.500. The molecule has 0 fully saturated rings. The third-order valence-electron chi connectivity index (χ3n) is 4.96. The van der Waals surface area contributed by atoms with E-state index in [4.69, 9.17) is 4.74 Å². The molecular weight excluding hydrogens is 392 g/mol. The van der Waals surface area contributed by atoms with Crippen LogP contribution in [0.5, 0.6) is 5.75 Å². The average Bonchev–Trinajstić information content (AvgIpc) is 3.11. The Hall–Kier alpha value is -2.96. The van der Waals surface area contributed by atoms with Gasteiger partial charge in [-0.2, -0.15) is 0 Å². The van der Waals surface area contributed by atoms with Crippen molar-refractivity contribution in [3.63, 3.8) is 0 Å². The van der Waals surface area contributed by atoms with Crippen LogP contribution in [0.1, 0.15) is 40.3 Å². The molecule has 0 aliphatic heterocycles. The molecule has 2 rings (SSSR count). The Morgan fingerprint density at radius 3 is 2.39 bits per heavy atom. The highest BCUT2D eigenvalue weighted by molar-refractivity contribution is 5.93. The van der Waals surface area contributed by atoms with Crippen molar-refractivity contribution in [2.75, 3.05) is 25.0 Å². The predicted molar refractivity (Wildman–Crippen MR) is 124 cm³/mol. The molecule has 31 heavy (non-hydrogen) atoms. The Labute approximate surface area is 186 Å². The zero-order valence-electron chi connectivity index (χ0n) is 19.6. The van der Waals surface area contributed by atoms with E-state index in [0.717, 1.165) is 5.69 Å². The molecule has 0 aliphatic carbocycles. The summed E-state index contributed by atoms with van der Waals surface area (Å²) in [5, 5.41) is 2.90. The maximum Gasteiger partial charge on any atom is 0.322 e. The van der Waals surface area contributed by atoms with E-state index in [1.807, 2.05) is 73.8 Å². The Morgan fingerprint density at radius 2 is 1.81 bits per heavy atom. The number of carbonyl (C=O) groups excluding carboxylic acids is 2. The zero-order valence-corrected chi connectivity index (χ0v) is 19.6. The SMILES string of the molecule is CCOc1ccccc1NC(=O)N(CC(=O)N(Cc1cccn1C)CC(C)C)C(C)C. The van der Waals surface area contributed by atoms with Crippen LogP contribution in [0.25, 0.3) is 0 Å². The summed E-state index contributed by atoms with van der Waals surface area (Å²) in [4.78, 5) is 29.7. The fourth-order valence-electron chi connectivity index (χ4n) is 3.32. The maximum absolute atomic E-state index is 13.2. The maximum atomic E-state index is 13.2. The van der Waals surface area contributed by atoms with Gasteiger partial charge in [0.15, 0.2) is 0 Å². The molecule has 7 heteroatoms. The van der Waals surface area contributed by atoms with E-state index in [-0.39, 0.29) is 24.5 Å². The first-order chi connectivity index (χ1) is 14.7. The van der Waals surface area contributed by atoms with Crippen molar-refractivity contribution in [2.24, 2.45) is 13.0 Å². The van der Waals surface area contributed by atoms with Gasteiger partial charge in [0, 0.05) is 31.5 Å². The fourth-order valence-corrected chi connectivity index (χ4v) is 3.32. The summed E-state index contributed by atoms with van der Waals surface area (Å²) in [5.41, 5.74) is 1.65. The predicted octanol–water partition coefficient (Wildman–Crippen LogP) is 4.35. The number of ether oxygens (including phenoxy) is 1. The smallest absolute Gasteiger partial charge is 0.322 e. The molecule has 0 unspecified atom stereocenters. The first-order valence-corrected chi connectivity index (χ1v) is 10.9. The second-order valence-electron chi connectivity index (χ2n) is 8.36. The van der Waals surface area contributed by atoms with Crippen molar-refractivity contribution >= 4 is 17.6 Å². The van der Waals surface area contributed by atoms with Gasteiger partial charge in [0.05, 0.1) is 18.8 Å². The van der Waals surface area contributed by atoms with E-state index >= 15 is 0 Å². The highest BCUT2D eigenvalue weighted by atomic mass is 16.5. The van der Waals surface area contributed by atoms with Crippen LogP contribution in [0.3, 0.4) is 0 Å². The molecular formula is C24H36N4O3. The molecule has 0 aliphatic rings. The number of anilines is 1. The van der Waals surface area contributed by atoms with Crippen LogP contribution in [0.2, 0.25) is 0 Å². The van der Waals surface area contributed by atoms with E-state index in [2.05, 4.69) is 19.2 Å². The summed E-state index contributed by atoms with van der Waals surface area (Å²) in [7, 11) is 1.97. The lowest BCUT2D eigenvalue weighted by atomic mass is 10.2. The normalized spacial score (nSPS) is 11.0. The molecule has 1 N–H and O–H groups in total. The van der Waals surface area contributed by atoms with E-state index in [1.54, 1.807) is 11.0 Å². The lowest BCUT2D eigenvalue weighted by Gasteiger charge is -2.31. The third-order valence-corrected chi connectivity index (χ3v) is 4.96. The van der Waals surface area contributed by atoms with Gasteiger partial charge in [-0.25, -0.2) is 4.79 Å². The Balaban J connectivity index is 2.15. The first-order valence-electron chi connectivity index (χ1n) is 10.9. The lowest BCUT2D eigenvalue weighted by molar-refractivity contribution is -0.133. The Bertz CT molecular complexity index is 860. The number of hydrogen-bond acceptors (Lipinski definition) is 3. The summed E-state index contributed by atoms with van der Waals surface area (Å²) in [6.45, 7) is 11.5. The molecule has 1 heterocycles. The van der Waals surface area contributed by atoms with Crippen LogP contribution in [0, 0.1) is 5.92 Å². The highest BCUT2D eigenvalue weighted by Gasteiger charge is 2.25. The summed E-state index contributed by atoms with van der Waals surface area (Å²) in [5.74, 6) is 0.860. The second kappa shape index (κ2) is 11.4. The van der Waals surface area contributed by atoms with Crippen molar-refractivity contribution < 1.29 is 14.3 Å². The minimum absolute atomic E-state index is 0.0114. The number of nitrogens with one attached hydrogen (secondary N) is 1. The third kappa shape index (κ3) is 7.05. The van der Waals surface area contributed by atoms with Gasteiger partial charge in [-0.05, 0) is 51.0 Å². The van der Waals surface area contributed by atoms with Gasteiger partial charge in [-0.3, -0.25) is 4.79 Å². The lowest BCUT2D eigenvalue weighted by Crippen LogP contribution is -2.48. The topological polar surface area (TPSA) is 66.8 Å². The van der Waals surface area contributed by atoms with Gasteiger partial charge in [-0.15, -0.1) is 0 Å². The van der Waals surface area contributed by atoms with Crippen molar-refractivity contribution in [3.05, 3.63) is 48.3 Å². The number of nitrogens with zero attached hydrogens (tertiary/aromatic N) is 3. The number of aromatic nitrogens is 1. The van der Waals surface area contributed by atoms with Gasteiger partial charge < -0.3 is 24.4 Å². The summed E-state index contributed by atoms with van der Waals surface area (Å²) < 4.78 is 7.61. The average molecular weight is 429 g/mol. The molecule has 170 valence electrons. The summed E-state index contributed by atoms with van der Waals surface area (Å²) in [6.07, 6.45) is 1.97. The molecule has 0 saturated heterocycles. The van der Waals surface area contributed by atoms with E-state index in [0.29, 0.717) is 37.1 Å². The second-order valence-corrected chi connectivity index (χ2v) is 8.36. The molecule has 0 saturated carbocycles. The molecule has 0 atom stereocenters. The number of rotatable bonds is 10. The molecule has 1 aromatic carbocycles. The minimum Gasteiger partial charge on any atom is -0.492 e. The zero-order chi connectivity index (χ0) is 23.0. The van der Waals surface area contributed by atoms with Crippen molar-refractivity contribution in [1.82, 2.24) is 14.4 Å². The summed E-state index contributed by atoms with van der Waals surface area (Å²) in [6, 6.07) is 10.8. The molecule has 0 spiro atoms. The van der Waals surface area contributed by atoms with Gasteiger partial charge in [-0.1, -0.05) is 26.0 Å². The van der Waals surface area contributed by atoms with Crippen molar-refractivity contribution in [3.8, 4) is 5.75 Å². The molecule has 7 nitrogen and oxygen atoms in total. The minimum atomic E-state index is -0.320. The molecule has 0 radical (unpaired) electrons. The molecule has 0 bridgehead atoms. The van der Waals surface area contributed by atoms with Crippen LogP contribution >= 0.6 is 0 Å². The number of carbonyl (C=O) groups is 2. The molecule has 2 aromatic rings. The van der Waals surface area contributed by atoms with Crippen molar-refractivity contribution in [2.45, 2.75) is 47.2 Å². The number of hydrogen-bond donors (Lipinski definition) is 1. The van der Waals surface area contributed by atoms with Gasteiger partial charge in [0.25, 0.3) is 0 Å². The van der Waals surface area contributed by atoms with E-state index in [1.165, 1.54) is 0 Å². The largest absolute Gasteiger partial charge is 0.492 e. The first kappa shape index (κ1) is 24.3.